The van der Waals surface area contributed by atoms with Crippen molar-refractivity contribution in [2.75, 3.05) is 0 Å². The monoisotopic (exact) mass is 263 g/mol. The molecule has 20 heavy (non-hydrogen) atoms. The van der Waals surface area contributed by atoms with Gasteiger partial charge in [-0.25, -0.2) is 4.68 Å². The van der Waals surface area contributed by atoms with Gasteiger partial charge in [-0.1, -0.05) is 53.7 Å². The van der Waals surface area contributed by atoms with Crippen LogP contribution in [-0.4, -0.2) is 20.8 Å². The van der Waals surface area contributed by atoms with Gasteiger partial charge in [-0.3, -0.25) is 4.79 Å². The zero-order valence-corrected chi connectivity index (χ0v) is 11.0. The number of ketones is 1. The Morgan fingerprint density at radius 3 is 2.45 bits per heavy atom. The Morgan fingerprint density at radius 1 is 1.00 bits per heavy atom. The summed E-state index contributed by atoms with van der Waals surface area (Å²) in [6, 6.07) is 16.9. The second kappa shape index (κ2) is 5.09. The highest BCUT2D eigenvalue weighted by Crippen LogP contribution is 2.13. The Balaban J connectivity index is 1.95. The lowest BCUT2D eigenvalue weighted by Gasteiger charge is -2.02. The largest absolute Gasteiger partial charge is 0.287 e. The van der Waals surface area contributed by atoms with Crippen molar-refractivity contribution in [2.24, 2.45) is 0 Å². The van der Waals surface area contributed by atoms with Crippen molar-refractivity contribution in [3.8, 4) is 5.69 Å². The first-order valence-corrected chi connectivity index (χ1v) is 6.34. The third-order valence-electron chi connectivity index (χ3n) is 3.12. The number of carbonyl (C=O) groups is 1. The Morgan fingerprint density at radius 2 is 1.70 bits per heavy atom. The maximum atomic E-state index is 12.3. The molecule has 3 rings (SSSR count). The maximum absolute atomic E-state index is 12.3. The lowest BCUT2D eigenvalue weighted by Crippen LogP contribution is -2.01. The van der Waals surface area contributed by atoms with Gasteiger partial charge in [0, 0.05) is 5.56 Å². The van der Waals surface area contributed by atoms with Crippen LogP contribution in [0.2, 0.25) is 0 Å². The van der Waals surface area contributed by atoms with Crippen LogP contribution >= 0.6 is 0 Å². The average Bonchev–Trinajstić information content (AvgIpc) is 2.97. The van der Waals surface area contributed by atoms with E-state index in [0.29, 0.717) is 11.3 Å². The fraction of sp³-hybridized carbons (Fsp3) is 0.0625. The molecule has 4 nitrogen and oxygen atoms in total. The Kier molecular flexibility index (Phi) is 3.13. The molecule has 0 saturated carbocycles. The first-order chi connectivity index (χ1) is 9.75. The molecule has 0 aliphatic heterocycles. The van der Waals surface area contributed by atoms with Crippen molar-refractivity contribution in [2.45, 2.75) is 6.92 Å². The van der Waals surface area contributed by atoms with Gasteiger partial charge in [0.2, 0.25) is 5.78 Å². The van der Waals surface area contributed by atoms with Gasteiger partial charge >= 0.3 is 0 Å². The van der Waals surface area contributed by atoms with Crippen LogP contribution in [0, 0.1) is 6.92 Å². The Hall–Kier alpha value is -2.75. The smallest absolute Gasteiger partial charge is 0.214 e. The molecule has 0 N–H and O–H groups in total. The van der Waals surface area contributed by atoms with Gasteiger partial charge in [-0.2, -0.15) is 0 Å². The topological polar surface area (TPSA) is 47.8 Å². The van der Waals surface area contributed by atoms with Crippen LogP contribution in [0.4, 0.5) is 0 Å². The van der Waals surface area contributed by atoms with Crippen molar-refractivity contribution in [3.63, 3.8) is 0 Å². The fourth-order valence-corrected chi connectivity index (χ4v) is 2.04. The molecule has 0 unspecified atom stereocenters. The molecule has 2 aromatic carbocycles. The molecule has 0 aliphatic carbocycles. The molecule has 0 bridgehead atoms. The summed E-state index contributed by atoms with van der Waals surface area (Å²) >= 11 is 0. The second-order valence-electron chi connectivity index (χ2n) is 4.53. The third kappa shape index (κ3) is 2.23. The van der Waals surface area contributed by atoms with Crippen molar-refractivity contribution < 1.29 is 4.79 Å². The number of rotatable bonds is 3. The molecule has 0 fully saturated rings. The van der Waals surface area contributed by atoms with Crippen LogP contribution in [0.25, 0.3) is 5.69 Å². The summed E-state index contributed by atoms with van der Waals surface area (Å²) in [4.78, 5) is 12.3. The number of aromatic nitrogens is 3. The maximum Gasteiger partial charge on any atom is 0.214 e. The highest BCUT2D eigenvalue weighted by molar-refractivity contribution is 6.07. The third-order valence-corrected chi connectivity index (χ3v) is 3.12. The molecule has 0 atom stereocenters. The van der Waals surface area contributed by atoms with E-state index in [1.807, 2.05) is 49.4 Å². The highest BCUT2D eigenvalue weighted by atomic mass is 16.1. The van der Waals surface area contributed by atoms with Crippen LogP contribution in [0.3, 0.4) is 0 Å². The summed E-state index contributed by atoms with van der Waals surface area (Å²) < 4.78 is 1.63. The van der Waals surface area contributed by atoms with Crippen LogP contribution in [0.1, 0.15) is 21.6 Å². The quantitative estimate of drug-likeness (QED) is 0.683. The average molecular weight is 263 g/mol. The second-order valence-corrected chi connectivity index (χ2v) is 4.53. The number of hydrogen-bond donors (Lipinski definition) is 0. The predicted molar refractivity (Wildman–Crippen MR) is 76.0 cm³/mol. The van der Waals surface area contributed by atoms with Crippen LogP contribution in [0.15, 0.2) is 60.8 Å². The summed E-state index contributed by atoms with van der Waals surface area (Å²) in [6.45, 7) is 2.00. The van der Waals surface area contributed by atoms with Crippen LogP contribution < -0.4 is 0 Å². The summed E-state index contributed by atoms with van der Waals surface area (Å²) in [5.74, 6) is -0.120. The van der Waals surface area contributed by atoms with E-state index in [4.69, 9.17) is 0 Å². The standard InChI is InChI=1S/C16H13N3O/c1-12-7-5-6-10-15(12)19-11-14(17-18-19)16(20)13-8-3-2-4-9-13/h2-11H,1H3. The summed E-state index contributed by atoms with van der Waals surface area (Å²) in [5.41, 5.74) is 2.96. The summed E-state index contributed by atoms with van der Waals surface area (Å²) in [5, 5.41) is 8.01. The first kappa shape index (κ1) is 12.3. The van der Waals surface area contributed by atoms with Gasteiger partial charge in [0.1, 0.15) is 0 Å². The molecule has 0 saturated heterocycles. The Labute approximate surface area is 116 Å². The van der Waals surface area contributed by atoms with E-state index in [-0.39, 0.29) is 5.78 Å². The van der Waals surface area contributed by atoms with E-state index in [0.717, 1.165) is 11.3 Å². The molecule has 3 aromatic rings. The number of nitrogens with zero attached hydrogens (tertiary/aromatic N) is 3. The number of hydrogen-bond acceptors (Lipinski definition) is 3. The molecule has 1 heterocycles. The lowest BCUT2D eigenvalue weighted by molar-refractivity contribution is 0.103. The Bertz CT molecular complexity index is 747. The van der Waals surface area contributed by atoms with Gasteiger partial charge in [0.25, 0.3) is 0 Å². The lowest BCUT2D eigenvalue weighted by atomic mass is 10.1. The number of para-hydroxylation sites is 1. The molecule has 0 aliphatic rings. The molecule has 0 spiro atoms. The van der Waals surface area contributed by atoms with E-state index in [9.17, 15) is 4.79 Å². The van der Waals surface area contributed by atoms with Gasteiger partial charge in [-0.05, 0) is 18.6 Å². The van der Waals surface area contributed by atoms with Crippen LogP contribution in [0.5, 0.6) is 0 Å². The zero-order chi connectivity index (χ0) is 13.9. The zero-order valence-electron chi connectivity index (χ0n) is 11.0. The van der Waals surface area contributed by atoms with Gasteiger partial charge in [0.05, 0.1) is 11.9 Å². The normalized spacial score (nSPS) is 10.4. The summed E-state index contributed by atoms with van der Waals surface area (Å²) in [6.07, 6.45) is 1.66. The molecule has 98 valence electrons. The van der Waals surface area contributed by atoms with Crippen molar-refractivity contribution in [1.29, 1.82) is 0 Å². The fourth-order valence-electron chi connectivity index (χ4n) is 2.04. The minimum Gasteiger partial charge on any atom is -0.287 e. The summed E-state index contributed by atoms with van der Waals surface area (Å²) in [7, 11) is 0. The van der Waals surface area contributed by atoms with E-state index in [1.165, 1.54) is 0 Å². The van der Waals surface area contributed by atoms with Gasteiger partial charge in [-0.15, -0.1) is 5.10 Å². The van der Waals surface area contributed by atoms with Gasteiger partial charge in [0.15, 0.2) is 5.69 Å². The predicted octanol–water partition coefficient (Wildman–Crippen LogP) is 2.81. The van der Waals surface area contributed by atoms with Crippen molar-refractivity contribution in [3.05, 3.63) is 77.6 Å². The van der Waals surface area contributed by atoms with Crippen molar-refractivity contribution >= 4 is 5.78 Å². The van der Waals surface area contributed by atoms with E-state index in [2.05, 4.69) is 10.3 Å². The van der Waals surface area contributed by atoms with Crippen LogP contribution in [-0.2, 0) is 0 Å². The highest BCUT2D eigenvalue weighted by Gasteiger charge is 2.13. The molecular weight excluding hydrogens is 250 g/mol. The minimum atomic E-state index is -0.120. The molecule has 1 aromatic heterocycles. The first-order valence-electron chi connectivity index (χ1n) is 6.34. The molecular formula is C16H13N3O. The van der Waals surface area contributed by atoms with Gasteiger partial charge < -0.3 is 0 Å². The molecule has 0 amide bonds. The SMILES string of the molecule is Cc1ccccc1-n1cc(C(=O)c2ccccc2)nn1. The van der Waals surface area contributed by atoms with E-state index in [1.54, 1.807) is 23.0 Å². The minimum absolute atomic E-state index is 0.120. The molecule has 4 heteroatoms. The van der Waals surface area contributed by atoms with E-state index < -0.39 is 0 Å². The number of aryl methyl sites for hydroxylation is 1. The number of carbonyl (C=O) groups excluding carboxylic acids is 1. The number of benzene rings is 2. The molecule has 0 radical (unpaired) electrons. The van der Waals surface area contributed by atoms with E-state index >= 15 is 0 Å². The van der Waals surface area contributed by atoms with Crippen molar-refractivity contribution in [1.82, 2.24) is 15.0 Å².